The summed E-state index contributed by atoms with van der Waals surface area (Å²) in [5.74, 6) is -1.12. The molecule has 3 aromatic rings. The summed E-state index contributed by atoms with van der Waals surface area (Å²) in [6, 6.07) is 11.1. The number of rotatable bonds is 3. The van der Waals surface area contributed by atoms with Gasteiger partial charge in [0.25, 0.3) is 0 Å². The van der Waals surface area contributed by atoms with Gasteiger partial charge in [0.1, 0.15) is 5.69 Å². The smallest absolute Gasteiger partial charge is 0.358 e. The summed E-state index contributed by atoms with van der Waals surface area (Å²) in [4.78, 5) is 15.4. The lowest BCUT2D eigenvalue weighted by molar-refractivity contribution is 0.0691. The number of aromatic carboxylic acids is 1. The summed E-state index contributed by atoms with van der Waals surface area (Å²) in [6.07, 6.45) is 3.22. The monoisotopic (exact) mass is 280 g/mol. The predicted octanol–water partition coefficient (Wildman–Crippen LogP) is 2.34. The van der Waals surface area contributed by atoms with E-state index in [-0.39, 0.29) is 5.69 Å². The summed E-state index contributed by atoms with van der Waals surface area (Å²) >= 11 is 0. The molecule has 0 aliphatic carbocycles. The van der Waals surface area contributed by atoms with Crippen molar-refractivity contribution in [2.45, 2.75) is 6.92 Å². The van der Waals surface area contributed by atoms with Crippen LogP contribution < -0.4 is 0 Å². The Morgan fingerprint density at radius 3 is 2.76 bits per heavy atom. The van der Waals surface area contributed by atoms with Gasteiger partial charge < -0.3 is 5.11 Å². The van der Waals surface area contributed by atoms with Gasteiger partial charge in [-0.25, -0.2) is 9.48 Å². The SMILES string of the molecule is Cc1cccc(-n2nnc(C(=O)O)c2-c2cccnc2)c1. The minimum Gasteiger partial charge on any atom is -0.476 e. The molecule has 0 saturated carbocycles. The Morgan fingerprint density at radius 1 is 1.24 bits per heavy atom. The minimum absolute atomic E-state index is 0.0930. The zero-order valence-electron chi connectivity index (χ0n) is 11.3. The lowest BCUT2D eigenvalue weighted by atomic mass is 10.1. The van der Waals surface area contributed by atoms with Crippen LogP contribution in [0.2, 0.25) is 0 Å². The Morgan fingerprint density at radius 2 is 2.10 bits per heavy atom. The average Bonchev–Trinajstić information content (AvgIpc) is 2.93. The van der Waals surface area contributed by atoms with Crippen molar-refractivity contribution in [1.29, 1.82) is 0 Å². The van der Waals surface area contributed by atoms with E-state index >= 15 is 0 Å². The highest BCUT2D eigenvalue weighted by atomic mass is 16.4. The van der Waals surface area contributed by atoms with Gasteiger partial charge in [-0.2, -0.15) is 0 Å². The van der Waals surface area contributed by atoms with E-state index in [2.05, 4.69) is 15.3 Å². The van der Waals surface area contributed by atoms with Gasteiger partial charge in [-0.05, 0) is 36.8 Å². The van der Waals surface area contributed by atoms with Crippen molar-refractivity contribution in [1.82, 2.24) is 20.0 Å². The van der Waals surface area contributed by atoms with Crippen molar-refractivity contribution in [3.8, 4) is 16.9 Å². The van der Waals surface area contributed by atoms with Gasteiger partial charge in [-0.3, -0.25) is 4.98 Å². The summed E-state index contributed by atoms with van der Waals surface area (Å²) in [5, 5.41) is 17.1. The summed E-state index contributed by atoms with van der Waals surface area (Å²) in [7, 11) is 0. The maximum absolute atomic E-state index is 11.4. The first-order valence-electron chi connectivity index (χ1n) is 6.33. The van der Waals surface area contributed by atoms with Crippen molar-refractivity contribution in [2.24, 2.45) is 0 Å². The van der Waals surface area contributed by atoms with Gasteiger partial charge >= 0.3 is 5.97 Å². The van der Waals surface area contributed by atoms with Crippen LogP contribution in [-0.2, 0) is 0 Å². The lowest BCUT2D eigenvalue weighted by Gasteiger charge is -2.07. The molecular formula is C15H12N4O2. The number of benzene rings is 1. The van der Waals surface area contributed by atoms with Gasteiger partial charge in [0.2, 0.25) is 0 Å². The van der Waals surface area contributed by atoms with E-state index < -0.39 is 5.97 Å². The maximum Gasteiger partial charge on any atom is 0.358 e. The second-order valence-electron chi connectivity index (χ2n) is 4.58. The molecule has 104 valence electrons. The van der Waals surface area contributed by atoms with Crippen LogP contribution in [-0.4, -0.2) is 31.1 Å². The van der Waals surface area contributed by atoms with Crippen molar-refractivity contribution in [2.75, 3.05) is 0 Å². The highest BCUT2D eigenvalue weighted by molar-refractivity contribution is 5.92. The van der Waals surface area contributed by atoms with Crippen molar-refractivity contribution >= 4 is 5.97 Å². The first-order valence-corrected chi connectivity index (χ1v) is 6.33. The highest BCUT2D eigenvalue weighted by Gasteiger charge is 2.21. The highest BCUT2D eigenvalue weighted by Crippen LogP contribution is 2.24. The number of nitrogens with zero attached hydrogens (tertiary/aromatic N) is 4. The second-order valence-corrected chi connectivity index (χ2v) is 4.58. The van der Waals surface area contributed by atoms with E-state index in [1.54, 1.807) is 24.5 Å². The number of hydrogen-bond donors (Lipinski definition) is 1. The molecular weight excluding hydrogens is 268 g/mol. The number of carboxylic acids is 1. The molecule has 0 spiro atoms. The van der Waals surface area contributed by atoms with Crippen LogP contribution in [0.15, 0.2) is 48.8 Å². The Hall–Kier alpha value is -3.02. The van der Waals surface area contributed by atoms with Crippen molar-refractivity contribution < 1.29 is 9.90 Å². The molecule has 6 heteroatoms. The van der Waals surface area contributed by atoms with E-state index in [0.717, 1.165) is 11.3 Å². The molecule has 2 aromatic heterocycles. The van der Waals surface area contributed by atoms with Gasteiger partial charge in [0.05, 0.1) is 5.69 Å². The van der Waals surface area contributed by atoms with Gasteiger partial charge in [-0.1, -0.05) is 17.3 Å². The number of pyridine rings is 1. The summed E-state index contributed by atoms with van der Waals surface area (Å²) < 4.78 is 1.52. The van der Waals surface area contributed by atoms with E-state index in [4.69, 9.17) is 0 Å². The molecule has 2 heterocycles. The predicted molar refractivity (Wildman–Crippen MR) is 76.3 cm³/mol. The molecule has 0 atom stereocenters. The fourth-order valence-electron chi connectivity index (χ4n) is 2.13. The first-order chi connectivity index (χ1) is 10.2. The number of carbonyl (C=O) groups is 1. The Kier molecular flexibility index (Phi) is 3.19. The number of hydrogen-bond acceptors (Lipinski definition) is 4. The average molecular weight is 280 g/mol. The number of aromatic nitrogens is 4. The standard InChI is InChI=1S/C15H12N4O2/c1-10-4-2-6-12(8-10)19-14(11-5-3-7-16-9-11)13(15(20)21)17-18-19/h2-9H,1H3,(H,20,21). The molecule has 0 bridgehead atoms. The van der Waals surface area contributed by atoms with Gasteiger partial charge in [0, 0.05) is 18.0 Å². The zero-order valence-corrected chi connectivity index (χ0v) is 11.3. The number of carboxylic acid groups (broad SMARTS) is 1. The van der Waals surface area contributed by atoms with E-state index in [9.17, 15) is 9.90 Å². The van der Waals surface area contributed by atoms with Gasteiger partial charge in [-0.15, -0.1) is 5.10 Å². The molecule has 0 aliphatic heterocycles. The van der Waals surface area contributed by atoms with E-state index in [1.165, 1.54) is 4.68 Å². The summed E-state index contributed by atoms with van der Waals surface area (Å²) in [6.45, 7) is 1.96. The normalized spacial score (nSPS) is 10.5. The zero-order chi connectivity index (χ0) is 14.8. The van der Waals surface area contributed by atoms with Crippen LogP contribution >= 0.6 is 0 Å². The van der Waals surface area contributed by atoms with Crippen LogP contribution in [0.4, 0.5) is 0 Å². The second kappa shape index (κ2) is 5.16. The van der Waals surface area contributed by atoms with Gasteiger partial charge in [0.15, 0.2) is 5.69 Å². The maximum atomic E-state index is 11.4. The molecule has 0 aliphatic rings. The molecule has 1 aromatic carbocycles. The van der Waals surface area contributed by atoms with E-state index in [0.29, 0.717) is 11.3 Å². The van der Waals surface area contributed by atoms with Crippen molar-refractivity contribution in [3.63, 3.8) is 0 Å². The molecule has 0 radical (unpaired) electrons. The van der Waals surface area contributed by atoms with Crippen LogP contribution in [0, 0.1) is 6.92 Å². The third kappa shape index (κ3) is 2.38. The largest absolute Gasteiger partial charge is 0.476 e. The lowest BCUT2D eigenvalue weighted by Crippen LogP contribution is -2.03. The third-order valence-corrected chi connectivity index (χ3v) is 3.05. The Labute approximate surface area is 120 Å². The minimum atomic E-state index is -1.12. The van der Waals surface area contributed by atoms with Crippen LogP contribution in [0.5, 0.6) is 0 Å². The third-order valence-electron chi connectivity index (χ3n) is 3.05. The summed E-state index contributed by atoms with van der Waals surface area (Å²) in [5.41, 5.74) is 2.79. The van der Waals surface area contributed by atoms with Crippen LogP contribution in [0.3, 0.4) is 0 Å². The quantitative estimate of drug-likeness (QED) is 0.796. The van der Waals surface area contributed by atoms with Crippen LogP contribution in [0.1, 0.15) is 16.1 Å². The molecule has 0 amide bonds. The van der Waals surface area contributed by atoms with Crippen molar-refractivity contribution in [3.05, 3.63) is 60.0 Å². The van der Waals surface area contributed by atoms with E-state index in [1.807, 2.05) is 31.2 Å². The molecule has 0 unspecified atom stereocenters. The Balaban J connectivity index is 2.25. The molecule has 6 nitrogen and oxygen atoms in total. The molecule has 1 N–H and O–H groups in total. The number of aryl methyl sites for hydroxylation is 1. The topological polar surface area (TPSA) is 80.9 Å². The fourth-order valence-corrected chi connectivity index (χ4v) is 2.13. The first kappa shape index (κ1) is 13.0. The molecule has 0 fully saturated rings. The molecule has 21 heavy (non-hydrogen) atoms. The molecule has 3 rings (SSSR count). The fraction of sp³-hybridized carbons (Fsp3) is 0.0667. The van der Waals surface area contributed by atoms with Crippen LogP contribution in [0.25, 0.3) is 16.9 Å². The molecule has 0 saturated heterocycles. The Bertz CT molecular complexity index is 796.